The molecule has 0 aromatic carbocycles. The first-order valence-corrected chi connectivity index (χ1v) is 16.5. The van der Waals surface area contributed by atoms with Crippen molar-refractivity contribution in [3.8, 4) is 22.8 Å². The normalized spacial score (nSPS) is 14.8. The van der Waals surface area contributed by atoms with E-state index in [1.54, 1.807) is 14.2 Å². The summed E-state index contributed by atoms with van der Waals surface area (Å²) >= 11 is 8.81. The Morgan fingerprint density at radius 2 is 1.23 bits per heavy atom. The number of halogens is 3. The molecule has 238 valence electrons. The van der Waals surface area contributed by atoms with E-state index in [0.717, 1.165) is 59.3 Å². The van der Waals surface area contributed by atoms with Crippen LogP contribution in [0.4, 0.5) is 0 Å². The van der Waals surface area contributed by atoms with Crippen LogP contribution in [-0.4, -0.2) is 62.1 Å². The molecule has 1 aliphatic heterocycles. The van der Waals surface area contributed by atoms with E-state index in [1.807, 2.05) is 75.4 Å². The van der Waals surface area contributed by atoms with Gasteiger partial charge in [-0.1, -0.05) is 0 Å². The van der Waals surface area contributed by atoms with Crippen LogP contribution < -0.4 is 14.9 Å². The van der Waals surface area contributed by atoms with Crippen molar-refractivity contribution < 1.29 is 18.8 Å². The minimum Gasteiger partial charge on any atom is -0.494 e. The van der Waals surface area contributed by atoms with Crippen molar-refractivity contribution in [2.75, 3.05) is 14.2 Å². The van der Waals surface area contributed by atoms with Crippen LogP contribution in [-0.2, 0) is 23.4 Å². The molecular weight excluding hydrogens is 806 g/mol. The van der Waals surface area contributed by atoms with Gasteiger partial charge >= 0.3 is 7.12 Å². The molecule has 1 saturated heterocycles. The van der Waals surface area contributed by atoms with Crippen molar-refractivity contribution >= 4 is 67.0 Å². The van der Waals surface area contributed by atoms with Crippen molar-refractivity contribution in [3.63, 3.8) is 0 Å². The van der Waals surface area contributed by atoms with Gasteiger partial charge < -0.3 is 18.8 Å². The largest absolute Gasteiger partial charge is 0.498 e. The van der Waals surface area contributed by atoms with E-state index in [4.69, 9.17) is 18.8 Å². The molecule has 0 bridgehead atoms. The zero-order chi connectivity index (χ0) is 33.1. The van der Waals surface area contributed by atoms with E-state index in [2.05, 4.69) is 102 Å². The highest BCUT2D eigenvalue weighted by molar-refractivity contribution is 14.1. The predicted molar refractivity (Wildman–Crippen MR) is 190 cm³/mol. The summed E-state index contributed by atoms with van der Waals surface area (Å²) in [6.45, 7) is 16.3. The second-order valence-corrected chi connectivity index (χ2v) is 13.9. The molecule has 5 heterocycles. The molecule has 1 aliphatic rings. The van der Waals surface area contributed by atoms with Gasteiger partial charge in [0.2, 0.25) is 0 Å². The maximum Gasteiger partial charge on any atom is 0.498 e. The average Bonchev–Trinajstić information content (AvgIpc) is 3.43. The molecule has 0 saturated carbocycles. The van der Waals surface area contributed by atoms with Gasteiger partial charge in [-0.05, 0) is 134 Å². The molecule has 4 aromatic rings. The maximum absolute atomic E-state index is 6.05. The summed E-state index contributed by atoms with van der Waals surface area (Å²) < 4.78 is 28.4. The summed E-state index contributed by atoms with van der Waals surface area (Å²) in [5.74, 6) is 1.49. The average molecular weight is 846 g/mol. The molecule has 14 heteroatoms. The first-order chi connectivity index (χ1) is 20.4. The molecule has 10 nitrogen and oxygen atoms in total. The lowest BCUT2D eigenvalue weighted by Gasteiger charge is -2.32. The third-order valence-corrected chi connectivity index (χ3v) is 9.59. The highest BCUT2D eigenvalue weighted by atomic mass is 127. The molecule has 0 unspecified atom stereocenters. The second kappa shape index (κ2) is 14.6. The van der Waals surface area contributed by atoms with Gasteiger partial charge in [0.25, 0.3) is 0 Å². The fourth-order valence-corrected chi connectivity index (χ4v) is 6.22. The molecule has 5 rings (SSSR count). The van der Waals surface area contributed by atoms with E-state index >= 15 is 0 Å². The molecule has 0 radical (unpaired) electrons. The van der Waals surface area contributed by atoms with Crippen LogP contribution in [0.15, 0.2) is 33.5 Å². The van der Waals surface area contributed by atoms with Crippen molar-refractivity contribution in [2.45, 2.75) is 66.6 Å². The number of hydrogen-bond donors (Lipinski definition) is 0. The Kier molecular flexibility index (Phi) is 12.1. The molecular formula is C30H40BBr2IN6O4. The fraction of sp³-hybridized carbons (Fsp3) is 0.467. The van der Waals surface area contributed by atoms with E-state index in [9.17, 15) is 0 Å². The number of hydrogen-bond acceptors (Lipinski definition) is 8. The molecule has 0 spiro atoms. The monoisotopic (exact) mass is 844 g/mol. The van der Waals surface area contributed by atoms with Gasteiger partial charge in [-0.3, -0.25) is 9.36 Å². The Bertz CT molecular complexity index is 1610. The van der Waals surface area contributed by atoms with Gasteiger partial charge in [0.05, 0.1) is 42.5 Å². The van der Waals surface area contributed by atoms with Crippen LogP contribution in [0, 0.1) is 31.4 Å². The lowest BCUT2D eigenvalue weighted by Crippen LogP contribution is -2.41. The second-order valence-electron chi connectivity index (χ2n) is 11.3. The van der Waals surface area contributed by atoms with Crippen molar-refractivity contribution in [1.82, 2.24) is 29.5 Å². The van der Waals surface area contributed by atoms with Gasteiger partial charge in [0.1, 0.15) is 12.9 Å². The zero-order valence-corrected chi connectivity index (χ0v) is 32.7. The Morgan fingerprint density at radius 3 is 1.64 bits per heavy atom. The Morgan fingerprint density at radius 1 is 0.750 bits per heavy atom. The highest BCUT2D eigenvalue weighted by Crippen LogP contribution is 2.37. The quantitative estimate of drug-likeness (QED) is 0.128. The number of nitrogens with zero attached hydrogens (tertiary/aromatic N) is 6. The minimum absolute atomic E-state index is 0.299. The van der Waals surface area contributed by atoms with Gasteiger partial charge in [0, 0.05) is 36.5 Å². The van der Waals surface area contributed by atoms with E-state index in [0.29, 0.717) is 4.60 Å². The third kappa shape index (κ3) is 8.04. The summed E-state index contributed by atoms with van der Waals surface area (Å²) in [6.07, 6.45) is 0. The van der Waals surface area contributed by atoms with Crippen LogP contribution in [0.2, 0.25) is 0 Å². The van der Waals surface area contributed by atoms with E-state index < -0.39 is 0 Å². The highest BCUT2D eigenvalue weighted by Gasteiger charge is 2.53. The number of aromatic nitrogens is 6. The maximum atomic E-state index is 6.05. The van der Waals surface area contributed by atoms with Gasteiger partial charge in [-0.15, -0.1) is 0 Å². The minimum atomic E-state index is -0.311. The Labute approximate surface area is 291 Å². The summed E-state index contributed by atoms with van der Waals surface area (Å²) in [5, 5.41) is 8.80. The first-order valence-electron chi connectivity index (χ1n) is 13.9. The summed E-state index contributed by atoms with van der Waals surface area (Å²) in [4.78, 5) is 8.61. The molecule has 0 amide bonds. The van der Waals surface area contributed by atoms with Crippen LogP contribution in [0.5, 0.6) is 11.5 Å². The number of aryl methyl sites for hydroxylation is 4. The Balaban J connectivity index is 0.000000187. The molecule has 0 atom stereocenters. The smallest absolute Gasteiger partial charge is 0.494 e. The molecule has 1 fully saturated rings. The Hall–Kier alpha value is -2.01. The molecule has 0 aliphatic carbocycles. The summed E-state index contributed by atoms with van der Waals surface area (Å²) in [7, 11) is 6.81. The number of rotatable bonds is 4. The van der Waals surface area contributed by atoms with Crippen LogP contribution in [0.3, 0.4) is 0 Å². The van der Waals surface area contributed by atoms with Gasteiger partial charge in [-0.25, -0.2) is 9.97 Å². The standard InChI is InChI=1S/C12H21BN2O2.C12H14BrN3O.C6H5BrINO/c1-8-10(9(2)15(7)14-8)13-16-11(3,4)12(5,6)17-13;1-7-11(8(2)16(3)15-7)9-5-6-10(17-4)12(13)14-9;1-10-4-2-3-5(8)9-6(4)7/h1-7H3;5-6H,1-4H3;2-3H,1H3. The number of methoxy groups -OCH3 is 2. The van der Waals surface area contributed by atoms with Crippen molar-refractivity contribution in [3.05, 3.63) is 59.9 Å². The molecule has 0 N–H and O–H groups in total. The van der Waals surface area contributed by atoms with Crippen molar-refractivity contribution in [2.24, 2.45) is 14.1 Å². The van der Waals surface area contributed by atoms with Crippen molar-refractivity contribution in [1.29, 1.82) is 0 Å². The summed E-state index contributed by atoms with van der Waals surface area (Å²) in [6, 6.07) is 7.61. The summed E-state index contributed by atoms with van der Waals surface area (Å²) in [5.41, 5.74) is 6.60. The zero-order valence-electron chi connectivity index (χ0n) is 27.3. The third-order valence-electron chi connectivity index (χ3n) is 7.85. The SMILES string of the molecule is COc1ccc(-c2c(C)nn(C)c2C)nc1Br.COc1ccc(I)nc1Br.Cc1nn(C)c(C)c1B1OC(C)(C)C(C)(C)O1. The van der Waals surface area contributed by atoms with Gasteiger partial charge in [-0.2, -0.15) is 10.2 Å². The predicted octanol–water partition coefficient (Wildman–Crippen LogP) is 6.66. The topological polar surface area (TPSA) is 98.3 Å². The van der Waals surface area contributed by atoms with E-state index in [1.165, 1.54) is 0 Å². The molecule has 44 heavy (non-hydrogen) atoms. The number of pyridine rings is 2. The van der Waals surface area contributed by atoms with Crippen LogP contribution in [0.25, 0.3) is 11.3 Å². The van der Waals surface area contributed by atoms with Crippen LogP contribution in [0.1, 0.15) is 50.5 Å². The van der Waals surface area contributed by atoms with Gasteiger partial charge in [0.15, 0.2) is 11.5 Å². The molecule has 4 aromatic heterocycles. The van der Waals surface area contributed by atoms with E-state index in [-0.39, 0.29) is 18.3 Å². The lowest BCUT2D eigenvalue weighted by molar-refractivity contribution is 0.00578. The fourth-order valence-electron chi connectivity index (χ4n) is 4.50. The number of ether oxygens (including phenoxy) is 2. The lowest BCUT2D eigenvalue weighted by atomic mass is 9.77. The van der Waals surface area contributed by atoms with Crippen LogP contribution >= 0.6 is 54.5 Å². The first kappa shape index (κ1) is 36.5.